The van der Waals surface area contributed by atoms with Crippen LogP contribution in [0.15, 0.2) is 22.7 Å². The van der Waals surface area contributed by atoms with Gasteiger partial charge >= 0.3 is 0 Å². The summed E-state index contributed by atoms with van der Waals surface area (Å²) in [5, 5.41) is 0. The first-order valence-electron chi connectivity index (χ1n) is 5.85. The Hall–Kier alpha value is -1.07. The molecule has 1 aliphatic rings. The lowest BCUT2D eigenvalue weighted by molar-refractivity contribution is 0.00344. The van der Waals surface area contributed by atoms with Gasteiger partial charge in [-0.2, -0.15) is 0 Å². The maximum absolute atomic E-state index is 12.5. The number of hydrogen-bond acceptors (Lipinski definition) is 3. The van der Waals surface area contributed by atoms with E-state index in [0.717, 1.165) is 4.47 Å². The molecule has 0 aromatic heterocycles. The van der Waals surface area contributed by atoms with Gasteiger partial charge in [-0.15, -0.1) is 0 Å². The van der Waals surface area contributed by atoms with Crippen LogP contribution in [0.4, 0.5) is 0 Å². The Morgan fingerprint density at radius 2 is 2.33 bits per heavy atom. The molecule has 1 saturated heterocycles. The molecule has 0 saturated carbocycles. The summed E-state index contributed by atoms with van der Waals surface area (Å²) in [5.74, 6) is 0.589. The average molecular weight is 314 g/mol. The van der Waals surface area contributed by atoms with Gasteiger partial charge in [-0.3, -0.25) is 4.79 Å². The molecule has 0 unspecified atom stereocenters. The van der Waals surface area contributed by atoms with Crippen molar-refractivity contribution in [2.45, 2.75) is 13.0 Å². The van der Waals surface area contributed by atoms with Crippen LogP contribution in [-0.4, -0.2) is 43.7 Å². The summed E-state index contributed by atoms with van der Waals surface area (Å²) in [6, 6.07) is 5.54. The highest BCUT2D eigenvalue weighted by Crippen LogP contribution is 2.25. The van der Waals surface area contributed by atoms with E-state index in [0.29, 0.717) is 31.1 Å². The molecular weight excluding hydrogens is 298 g/mol. The highest BCUT2D eigenvalue weighted by Gasteiger charge is 2.26. The van der Waals surface area contributed by atoms with Gasteiger partial charge in [-0.05, 0) is 25.1 Å². The molecule has 1 aromatic carbocycles. The summed E-state index contributed by atoms with van der Waals surface area (Å²) in [7, 11) is 1.57. The SMILES string of the molecule is COc1ccc(Br)cc1C(=O)N1CCOC[C@@H]1C. The van der Waals surface area contributed by atoms with E-state index in [4.69, 9.17) is 9.47 Å². The first-order chi connectivity index (χ1) is 8.63. The number of carbonyl (C=O) groups excluding carboxylic acids is 1. The number of rotatable bonds is 2. The average Bonchev–Trinajstić information content (AvgIpc) is 2.38. The fourth-order valence-electron chi connectivity index (χ4n) is 2.03. The zero-order valence-corrected chi connectivity index (χ0v) is 12.1. The zero-order chi connectivity index (χ0) is 13.1. The van der Waals surface area contributed by atoms with E-state index >= 15 is 0 Å². The molecule has 1 aliphatic heterocycles. The Morgan fingerprint density at radius 1 is 1.56 bits per heavy atom. The lowest BCUT2D eigenvalue weighted by Gasteiger charge is -2.33. The van der Waals surface area contributed by atoms with Crippen molar-refractivity contribution >= 4 is 21.8 Å². The van der Waals surface area contributed by atoms with E-state index < -0.39 is 0 Å². The van der Waals surface area contributed by atoms with Crippen LogP contribution >= 0.6 is 15.9 Å². The van der Waals surface area contributed by atoms with E-state index in [-0.39, 0.29) is 11.9 Å². The van der Waals surface area contributed by atoms with Crippen LogP contribution in [-0.2, 0) is 4.74 Å². The molecule has 2 rings (SSSR count). The van der Waals surface area contributed by atoms with Crippen LogP contribution in [0.1, 0.15) is 17.3 Å². The molecule has 1 atom stereocenters. The number of halogens is 1. The van der Waals surface area contributed by atoms with Crippen LogP contribution in [0, 0.1) is 0 Å². The Bertz CT molecular complexity index is 450. The number of carbonyl (C=O) groups is 1. The predicted octanol–water partition coefficient (Wildman–Crippen LogP) is 2.32. The zero-order valence-electron chi connectivity index (χ0n) is 10.5. The monoisotopic (exact) mass is 313 g/mol. The molecule has 0 radical (unpaired) electrons. The van der Waals surface area contributed by atoms with Crippen molar-refractivity contribution in [3.05, 3.63) is 28.2 Å². The molecule has 1 fully saturated rings. The number of ether oxygens (including phenoxy) is 2. The molecule has 98 valence electrons. The Kier molecular flexibility index (Phi) is 4.24. The van der Waals surface area contributed by atoms with Crippen molar-refractivity contribution in [1.82, 2.24) is 4.90 Å². The summed E-state index contributed by atoms with van der Waals surface area (Å²) in [5.41, 5.74) is 0.584. The number of methoxy groups -OCH3 is 1. The normalized spacial score (nSPS) is 19.7. The van der Waals surface area contributed by atoms with Crippen LogP contribution in [0.25, 0.3) is 0 Å². The lowest BCUT2D eigenvalue weighted by Crippen LogP contribution is -2.47. The smallest absolute Gasteiger partial charge is 0.258 e. The van der Waals surface area contributed by atoms with E-state index in [1.165, 1.54) is 0 Å². The molecule has 0 spiro atoms. The molecule has 1 heterocycles. The largest absolute Gasteiger partial charge is 0.496 e. The topological polar surface area (TPSA) is 38.8 Å². The molecule has 0 aliphatic carbocycles. The molecule has 1 aromatic rings. The van der Waals surface area contributed by atoms with Crippen molar-refractivity contribution in [3.8, 4) is 5.75 Å². The second-order valence-corrected chi connectivity index (χ2v) is 5.18. The van der Waals surface area contributed by atoms with Gasteiger partial charge in [-0.1, -0.05) is 15.9 Å². The Balaban J connectivity index is 2.29. The summed E-state index contributed by atoms with van der Waals surface area (Å²) in [4.78, 5) is 14.3. The van der Waals surface area contributed by atoms with Crippen molar-refractivity contribution in [3.63, 3.8) is 0 Å². The molecule has 0 N–H and O–H groups in total. The van der Waals surface area contributed by atoms with Gasteiger partial charge in [0.25, 0.3) is 5.91 Å². The Labute approximate surface area is 115 Å². The van der Waals surface area contributed by atoms with Crippen LogP contribution < -0.4 is 4.74 Å². The van der Waals surface area contributed by atoms with E-state index in [1.807, 2.05) is 17.9 Å². The third kappa shape index (κ3) is 2.67. The van der Waals surface area contributed by atoms with Gasteiger partial charge in [0.1, 0.15) is 5.75 Å². The first-order valence-corrected chi connectivity index (χ1v) is 6.65. The molecule has 5 heteroatoms. The van der Waals surface area contributed by atoms with E-state index in [2.05, 4.69) is 15.9 Å². The summed E-state index contributed by atoms with van der Waals surface area (Å²) < 4.78 is 11.5. The van der Waals surface area contributed by atoms with E-state index in [9.17, 15) is 4.79 Å². The fourth-order valence-corrected chi connectivity index (χ4v) is 2.39. The Morgan fingerprint density at radius 3 is 3.00 bits per heavy atom. The van der Waals surface area contributed by atoms with Crippen molar-refractivity contribution in [2.75, 3.05) is 26.9 Å². The van der Waals surface area contributed by atoms with Gasteiger partial charge in [0.2, 0.25) is 0 Å². The third-order valence-electron chi connectivity index (χ3n) is 3.02. The lowest BCUT2D eigenvalue weighted by atomic mass is 10.1. The predicted molar refractivity (Wildman–Crippen MR) is 72.0 cm³/mol. The van der Waals surface area contributed by atoms with Gasteiger partial charge in [0.05, 0.1) is 31.9 Å². The minimum atomic E-state index is -0.0102. The van der Waals surface area contributed by atoms with E-state index in [1.54, 1.807) is 19.2 Å². The standard InChI is InChI=1S/C13H16BrNO3/c1-9-8-18-6-5-15(9)13(16)11-7-10(14)3-4-12(11)17-2/h3-4,7,9H,5-6,8H2,1-2H3/t9-/m0/s1. The van der Waals surface area contributed by atoms with Gasteiger partial charge in [-0.25, -0.2) is 0 Å². The van der Waals surface area contributed by atoms with Gasteiger partial charge < -0.3 is 14.4 Å². The summed E-state index contributed by atoms with van der Waals surface area (Å²) in [6.45, 7) is 3.78. The molecule has 4 nitrogen and oxygen atoms in total. The highest BCUT2D eigenvalue weighted by molar-refractivity contribution is 9.10. The van der Waals surface area contributed by atoms with Crippen LogP contribution in [0.5, 0.6) is 5.75 Å². The van der Waals surface area contributed by atoms with Crippen LogP contribution in [0.2, 0.25) is 0 Å². The number of benzene rings is 1. The first kappa shape index (κ1) is 13.4. The molecule has 0 bridgehead atoms. The maximum Gasteiger partial charge on any atom is 0.258 e. The van der Waals surface area contributed by atoms with Crippen molar-refractivity contribution in [2.24, 2.45) is 0 Å². The second-order valence-electron chi connectivity index (χ2n) is 4.27. The van der Waals surface area contributed by atoms with Crippen molar-refractivity contribution < 1.29 is 14.3 Å². The number of morpholine rings is 1. The maximum atomic E-state index is 12.5. The number of nitrogens with zero attached hydrogens (tertiary/aromatic N) is 1. The fraction of sp³-hybridized carbons (Fsp3) is 0.462. The number of hydrogen-bond donors (Lipinski definition) is 0. The molecular formula is C13H16BrNO3. The molecule has 18 heavy (non-hydrogen) atoms. The highest BCUT2D eigenvalue weighted by atomic mass is 79.9. The minimum Gasteiger partial charge on any atom is -0.496 e. The summed E-state index contributed by atoms with van der Waals surface area (Å²) in [6.07, 6.45) is 0. The van der Waals surface area contributed by atoms with Gasteiger partial charge in [0.15, 0.2) is 0 Å². The minimum absolute atomic E-state index is 0.0102. The summed E-state index contributed by atoms with van der Waals surface area (Å²) >= 11 is 3.38. The molecule has 1 amide bonds. The van der Waals surface area contributed by atoms with Crippen LogP contribution in [0.3, 0.4) is 0 Å². The van der Waals surface area contributed by atoms with Crippen molar-refractivity contribution in [1.29, 1.82) is 0 Å². The van der Waals surface area contributed by atoms with Gasteiger partial charge in [0, 0.05) is 11.0 Å². The third-order valence-corrected chi connectivity index (χ3v) is 3.51. The second kappa shape index (κ2) is 5.71. The quantitative estimate of drug-likeness (QED) is 0.841. The number of amides is 1.